The zero-order valence-electron chi connectivity index (χ0n) is 13.7. The lowest BCUT2D eigenvalue weighted by atomic mass is 10.1. The molecule has 0 aromatic heterocycles. The second kappa shape index (κ2) is 7.97. The molecular weight excluding hydrogens is 372 g/mol. The minimum Gasteiger partial charge on any atom is -0.481 e. The predicted octanol–water partition coefficient (Wildman–Crippen LogP) is 3.29. The van der Waals surface area contributed by atoms with Crippen molar-refractivity contribution in [1.82, 2.24) is 10.9 Å². The van der Waals surface area contributed by atoms with Crippen molar-refractivity contribution < 1.29 is 14.3 Å². The minimum absolute atomic E-state index is 0.365. The molecule has 0 unspecified atom stereocenters. The van der Waals surface area contributed by atoms with Gasteiger partial charge in [-0.25, -0.2) is 0 Å². The van der Waals surface area contributed by atoms with Crippen molar-refractivity contribution >= 4 is 27.7 Å². The van der Waals surface area contributed by atoms with Gasteiger partial charge in [0.05, 0.1) is 0 Å². The molecule has 0 bridgehead atoms. The van der Waals surface area contributed by atoms with Crippen LogP contribution in [0.25, 0.3) is 0 Å². The van der Waals surface area contributed by atoms with Crippen LogP contribution in [0.15, 0.2) is 46.9 Å². The Morgan fingerprint density at radius 2 is 1.83 bits per heavy atom. The molecule has 2 N–H and O–H groups in total. The first-order valence-electron chi connectivity index (χ1n) is 7.46. The van der Waals surface area contributed by atoms with Crippen LogP contribution < -0.4 is 15.6 Å². The van der Waals surface area contributed by atoms with Crippen LogP contribution in [0, 0.1) is 13.8 Å². The maximum absolute atomic E-state index is 12.1. The highest BCUT2D eigenvalue weighted by molar-refractivity contribution is 9.10. The smallest absolute Gasteiger partial charge is 0.279 e. The van der Waals surface area contributed by atoms with Crippen molar-refractivity contribution in [3.63, 3.8) is 0 Å². The summed E-state index contributed by atoms with van der Waals surface area (Å²) in [5.41, 5.74) is 7.23. The summed E-state index contributed by atoms with van der Waals surface area (Å²) in [6.45, 7) is 5.42. The van der Waals surface area contributed by atoms with Gasteiger partial charge >= 0.3 is 0 Å². The number of hydrogen-bond acceptors (Lipinski definition) is 3. The molecule has 5 nitrogen and oxygen atoms in total. The Morgan fingerprint density at radius 1 is 1.08 bits per heavy atom. The summed E-state index contributed by atoms with van der Waals surface area (Å²) < 4.78 is 6.40. The SMILES string of the molecule is Cc1ccc(C(=O)NNC(=O)[C@H](C)Oc2cccc(Br)c2)c(C)c1. The average molecular weight is 391 g/mol. The topological polar surface area (TPSA) is 67.4 Å². The van der Waals surface area contributed by atoms with Crippen LogP contribution in [0.5, 0.6) is 5.75 Å². The largest absolute Gasteiger partial charge is 0.481 e. The van der Waals surface area contributed by atoms with E-state index in [2.05, 4.69) is 26.8 Å². The zero-order chi connectivity index (χ0) is 17.7. The maximum Gasteiger partial charge on any atom is 0.279 e. The number of halogens is 1. The molecule has 24 heavy (non-hydrogen) atoms. The van der Waals surface area contributed by atoms with Crippen LogP contribution in [-0.2, 0) is 4.79 Å². The first kappa shape index (κ1) is 18.0. The molecule has 0 radical (unpaired) electrons. The highest BCUT2D eigenvalue weighted by Gasteiger charge is 2.16. The summed E-state index contributed by atoms with van der Waals surface area (Å²) in [7, 11) is 0. The lowest BCUT2D eigenvalue weighted by molar-refractivity contribution is -0.128. The first-order chi connectivity index (χ1) is 11.4. The fourth-order valence-electron chi connectivity index (χ4n) is 2.15. The van der Waals surface area contributed by atoms with E-state index in [0.717, 1.165) is 15.6 Å². The van der Waals surface area contributed by atoms with Crippen molar-refractivity contribution in [2.75, 3.05) is 0 Å². The highest BCUT2D eigenvalue weighted by Crippen LogP contribution is 2.18. The molecule has 0 saturated heterocycles. The molecule has 0 fully saturated rings. The molecule has 2 amide bonds. The molecule has 0 aliphatic carbocycles. The van der Waals surface area contributed by atoms with E-state index >= 15 is 0 Å². The van der Waals surface area contributed by atoms with Gasteiger partial charge in [0.1, 0.15) is 5.75 Å². The van der Waals surface area contributed by atoms with Crippen molar-refractivity contribution in [1.29, 1.82) is 0 Å². The molecule has 0 aliphatic heterocycles. The summed E-state index contributed by atoms with van der Waals surface area (Å²) >= 11 is 3.34. The third-order valence-corrected chi connectivity index (χ3v) is 3.90. The summed E-state index contributed by atoms with van der Waals surface area (Å²) in [5, 5.41) is 0. The number of carbonyl (C=O) groups excluding carboxylic acids is 2. The van der Waals surface area contributed by atoms with E-state index in [1.54, 1.807) is 25.1 Å². The van der Waals surface area contributed by atoms with Gasteiger partial charge in [-0.2, -0.15) is 0 Å². The van der Waals surface area contributed by atoms with Gasteiger partial charge in [0.15, 0.2) is 6.10 Å². The fraction of sp³-hybridized carbons (Fsp3) is 0.222. The third-order valence-electron chi connectivity index (χ3n) is 3.40. The number of carbonyl (C=O) groups is 2. The van der Waals surface area contributed by atoms with E-state index in [9.17, 15) is 9.59 Å². The fourth-order valence-corrected chi connectivity index (χ4v) is 2.53. The van der Waals surface area contributed by atoms with E-state index < -0.39 is 12.0 Å². The van der Waals surface area contributed by atoms with Crippen molar-refractivity contribution in [3.8, 4) is 5.75 Å². The third kappa shape index (κ3) is 4.83. The Balaban J connectivity index is 1.91. The number of ether oxygens (including phenoxy) is 1. The minimum atomic E-state index is -0.751. The van der Waals surface area contributed by atoms with Gasteiger partial charge < -0.3 is 4.74 Å². The van der Waals surface area contributed by atoms with Gasteiger partial charge in [0, 0.05) is 10.0 Å². The Morgan fingerprint density at radius 3 is 2.50 bits per heavy atom. The molecule has 126 valence electrons. The molecular formula is C18H19BrN2O3. The highest BCUT2D eigenvalue weighted by atomic mass is 79.9. The van der Waals surface area contributed by atoms with E-state index in [1.807, 2.05) is 38.1 Å². The number of aryl methyl sites for hydroxylation is 2. The van der Waals surface area contributed by atoms with Gasteiger partial charge in [-0.15, -0.1) is 0 Å². The van der Waals surface area contributed by atoms with Crippen molar-refractivity contribution in [2.45, 2.75) is 26.9 Å². The van der Waals surface area contributed by atoms with E-state index in [1.165, 1.54) is 0 Å². The first-order valence-corrected chi connectivity index (χ1v) is 8.26. The summed E-state index contributed by atoms with van der Waals surface area (Å²) in [6.07, 6.45) is -0.751. The second-order valence-corrected chi connectivity index (χ2v) is 6.39. The second-order valence-electron chi connectivity index (χ2n) is 5.48. The normalized spacial score (nSPS) is 11.5. The quantitative estimate of drug-likeness (QED) is 0.786. The summed E-state index contributed by atoms with van der Waals surface area (Å²) in [4.78, 5) is 24.2. The lowest BCUT2D eigenvalue weighted by Crippen LogP contribution is -2.47. The Kier molecular flexibility index (Phi) is 5.98. The number of rotatable bonds is 4. The number of nitrogens with one attached hydrogen (secondary N) is 2. The van der Waals surface area contributed by atoms with E-state index in [4.69, 9.17) is 4.74 Å². The van der Waals surface area contributed by atoms with Crippen molar-refractivity contribution in [3.05, 3.63) is 63.6 Å². The van der Waals surface area contributed by atoms with Crippen LogP contribution >= 0.6 is 15.9 Å². The van der Waals surface area contributed by atoms with Gasteiger partial charge in [0.25, 0.3) is 11.8 Å². The van der Waals surface area contributed by atoms with E-state index in [0.29, 0.717) is 11.3 Å². The van der Waals surface area contributed by atoms with Gasteiger partial charge in [0.2, 0.25) is 0 Å². The van der Waals surface area contributed by atoms with Crippen LogP contribution in [-0.4, -0.2) is 17.9 Å². The number of hydrazine groups is 1. The Labute approximate surface area is 149 Å². The molecule has 0 spiro atoms. The molecule has 2 aromatic rings. The maximum atomic E-state index is 12.1. The van der Waals surface area contributed by atoms with Gasteiger partial charge in [-0.3, -0.25) is 20.4 Å². The summed E-state index contributed by atoms with van der Waals surface area (Å²) in [6, 6.07) is 12.7. The van der Waals surface area contributed by atoms with Crippen molar-refractivity contribution in [2.24, 2.45) is 0 Å². The van der Waals surface area contributed by atoms with Crippen LogP contribution in [0.3, 0.4) is 0 Å². The molecule has 1 atom stereocenters. The predicted molar refractivity (Wildman–Crippen MR) is 95.8 cm³/mol. The monoisotopic (exact) mass is 390 g/mol. The lowest BCUT2D eigenvalue weighted by Gasteiger charge is -2.15. The molecule has 6 heteroatoms. The van der Waals surface area contributed by atoms with Crippen LogP contribution in [0.2, 0.25) is 0 Å². The Hall–Kier alpha value is -2.34. The molecule has 0 heterocycles. The van der Waals surface area contributed by atoms with Gasteiger partial charge in [-0.05, 0) is 50.6 Å². The standard InChI is InChI=1S/C18H19BrN2O3/c1-11-7-8-16(12(2)9-11)18(23)21-20-17(22)13(3)24-15-6-4-5-14(19)10-15/h4-10,13H,1-3H3,(H,20,22)(H,21,23)/t13-/m0/s1. The molecule has 0 aliphatic rings. The van der Waals surface area contributed by atoms with Crippen LogP contribution in [0.4, 0.5) is 0 Å². The zero-order valence-corrected chi connectivity index (χ0v) is 15.3. The van der Waals surface area contributed by atoms with E-state index in [-0.39, 0.29) is 5.91 Å². The van der Waals surface area contributed by atoms with Gasteiger partial charge in [-0.1, -0.05) is 39.7 Å². The molecule has 2 aromatic carbocycles. The summed E-state index contributed by atoms with van der Waals surface area (Å²) in [5.74, 6) is -0.240. The average Bonchev–Trinajstić information content (AvgIpc) is 2.52. The molecule has 2 rings (SSSR count). The van der Waals surface area contributed by atoms with Crippen LogP contribution in [0.1, 0.15) is 28.4 Å². The Bertz CT molecular complexity index is 762. The number of amides is 2. The molecule has 0 saturated carbocycles. The number of hydrogen-bond donors (Lipinski definition) is 2. The number of benzene rings is 2.